The lowest BCUT2D eigenvalue weighted by molar-refractivity contribution is -0.120. The quantitative estimate of drug-likeness (QED) is 0.629. The minimum atomic E-state index is -0.324. The van der Waals surface area contributed by atoms with Crippen LogP contribution in [0.1, 0.15) is 30.0 Å². The number of thioether (sulfide) groups is 1. The highest BCUT2D eigenvalue weighted by molar-refractivity contribution is 8.00. The number of aromatic nitrogens is 3. The summed E-state index contributed by atoms with van der Waals surface area (Å²) in [5, 5.41) is 9.94. The van der Waals surface area contributed by atoms with Crippen LogP contribution in [0.15, 0.2) is 44.5 Å². The van der Waals surface area contributed by atoms with Gasteiger partial charge in [0.15, 0.2) is 0 Å². The molecule has 0 bridgehead atoms. The number of carbonyl (C=O) groups is 1. The van der Waals surface area contributed by atoms with Gasteiger partial charge in [0.2, 0.25) is 11.1 Å². The molecule has 7 nitrogen and oxygen atoms in total. The van der Waals surface area contributed by atoms with E-state index in [0.29, 0.717) is 23.3 Å². The smallest absolute Gasteiger partial charge is 0.233 e. The summed E-state index contributed by atoms with van der Waals surface area (Å²) in [4.78, 5) is 16.4. The van der Waals surface area contributed by atoms with Crippen LogP contribution in [-0.2, 0) is 11.3 Å². The van der Waals surface area contributed by atoms with Crippen LogP contribution in [0.5, 0.6) is 0 Å². The van der Waals surface area contributed by atoms with Gasteiger partial charge in [0.1, 0.15) is 23.1 Å². The Labute approximate surface area is 148 Å². The van der Waals surface area contributed by atoms with Gasteiger partial charge in [-0.15, -0.1) is 5.10 Å². The number of hydrogen-bond donors (Lipinski definition) is 2. The Morgan fingerprint density at radius 2 is 2.28 bits per heavy atom. The van der Waals surface area contributed by atoms with Crippen LogP contribution >= 0.6 is 11.8 Å². The fourth-order valence-electron chi connectivity index (χ4n) is 2.03. The van der Waals surface area contributed by atoms with Crippen LogP contribution in [0.4, 0.5) is 0 Å². The first kappa shape index (κ1) is 17.1. The van der Waals surface area contributed by atoms with Crippen molar-refractivity contribution in [2.24, 2.45) is 0 Å². The molecule has 3 rings (SSSR count). The molecule has 0 saturated heterocycles. The summed E-state index contributed by atoms with van der Waals surface area (Å²) >= 11 is 1.28. The number of aryl methyl sites for hydroxylation is 1. The highest BCUT2D eigenvalue weighted by Crippen LogP contribution is 2.20. The van der Waals surface area contributed by atoms with Crippen molar-refractivity contribution in [2.75, 3.05) is 0 Å². The topological polar surface area (TPSA) is 97.0 Å². The Balaban J connectivity index is 1.51. The predicted octanol–water partition coefficient (Wildman–Crippen LogP) is 3.27. The summed E-state index contributed by atoms with van der Waals surface area (Å²) < 4.78 is 10.6. The summed E-state index contributed by atoms with van der Waals surface area (Å²) in [7, 11) is 0. The fraction of sp³-hybridized carbons (Fsp3) is 0.235. The number of nitrogens with zero attached hydrogens (tertiary/aromatic N) is 2. The number of rotatable bonds is 7. The first-order chi connectivity index (χ1) is 12.1. The van der Waals surface area contributed by atoms with Gasteiger partial charge < -0.3 is 14.2 Å². The molecule has 0 fully saturated rings. The van der Waals surface area contributed by atoms with E-state index in [2.05, 4.69) is 20.5 Å². The number of amides is 1. The van der Waals surface area contributed by atoms with Gasteiger partial charge in [-0.25, -0.2) is 4.98 Å². The van der Waals surface area contributed by atoms with E-state index in [1.807, 2.05) is 31.2 Å². The van der Waals surface area contributed by atoms with Crippen LogP contribution in [-0.4, -0.2) is 26.3 Å². The molecule has 1 amide bonds. The van der Waals surface area contributed by atoms with Crippen molar-refractivity contribution < 1.29 is 13.6 Å². The molecule has 130 valence electrons. The minimum absolute atomic E-state index is 0.102. The second-order valence-corrected chi connectivity index (χ2v) is 6.65. The molecular formula is C17H18N4O3S. The van der Waals surface area contributed by atoms with Gasteiger partial charge in [-0.2, -0.15) is 0 Å². The number of aromatic amines is 1. The van der Waals surface area contributed by atoms with E-state index < -0.39 is 0 Å². The zero-order valence-corrected chi connectivity index (χ0v) is 14.7. The SMILES string of the molecule is Cc1ccc(C=Cc2nc(SC(C)C(=O)NCc3ccco3)n[nH]2)o1. The third-order valence-electron chi connectivity index (χ3n) is 3.32. The molecule has 0 spiro atoms. The number of hydrogen-bond acceptors (Lipinski definition) is 6. The van der Waals surface area contributed by atoms with E-state index >= 15 is 0 Å². The molecule has 3 aromatic heterocycles. The van der Waals surface area contributed by atoms with Crippen LogP contribution < -0.4 is 5.32 Å². The highest BCUT2D eigenvalue weighted by atomic mass is 32.2. The lowest BCUT2D eigenvalue weighted by atomic mass is 10.4. The highest BCUT2D eigenvalue weighted by Gasteiger charge is 2.17. The van der Waals surface area contributed by atoms with Crippen molar-refractivity contribution in [1.82, 2.24) is 20.5 Å². The largest absolute Gasteiger partial charge is 0.467 e. The van der Waals surface area contributed by atoms with Crippen LogP contribution in [0.2, 0.25) is 0 Å². The van der Waals surface area contributed by atoms with Gasteiger partial charge in [0.25, 0.3) is 0 Å². The lowest BCUT2D eigenvalue weighted by Crippen LogP contribution is -2.30. The number of furan rings is 2. The Morgan fingerprint density at radius 3 is 3.00 bits per heavy atom. The van der Waals surface area contributed by atoms with Crippen molar-refractivity contribution >= 4 is 29.8 Å². The van der Waals surface area contributed by atoms with Gasteiger partial charge in [-0.05, 0) is 50.3 Å². The average Bonchev–Trinajstić information content (AvgIpc) is 3.33. The first-order valence-electron chi connectivity index (χ1n) is 7.74. The van der Waals surface area contributed by atoms with E-state index in [1.54, 1.807) is 25.3 Å². The second kappa shape index (κ2) is 7.89. The summed E-state index contributed by atoms with van der Waals surface area (Å²) in [5.74, 6) is 2.80. The number of carbonyl (C=O) groups excluding carboxylic acids is 1. The molecule has 25 heavy (non-hydrogen) atoms. The molecule has 0 aliphatic carbocycles. The van der Waals surface area contributed by atoms with E-state index in [1.165, 1.54) is 11.8 Å². The van der Waals surface area contributed by atoms with Gasteiger partial charge in [-0.3, -0.25) is 9.89 Å². The average molecular weight is 358 g/mol. The van der Waals surface area contributed by atoms with E-state index in [0.717, 1.165) is 11.5 Å². The normalized spacial score (nSPS) is 12.6. The van der Waals surface area contributed by atoms with Crippen molar-refractivity contribution in [3.05, 3.63) is 53.6 Å². The molecule has 1 unspecified atom stereocenters. The van der Waals surface area contributed by atoms with Crippen LogP contribution in [0.3, 0.4) is 0 Å². The minimum Gasteiger partial charge on any atom is -0.467 e. The summed E-state index contributed by atoms with van der Waals surface area (Å²) in [6, 6.07) is 7.37. The van der Waals surface area contributed by atoms with Crippen LogP contribution in [0, 0.1) is 6.92 Å². The van der Waals surface area contributed by atoms with Crippen molar-refractivity contribution in [1.29, 1.82) is 0 Å². The summed E-state index contributed by atoms with van der Waals surface area (Å²) in [6.07, 6.45) is 5.16. The zero-order chi connectivity index (χ0) is 17.6. The van der Waals surface area contributed by atoms with Gasteiger partial charge in [0.05, 0.1) is 18.1 Å². The molecule has 0 saturated carbocycles. The molecule has 3 heterocycles. The molecule has 0 aliphatic rings. The molecule has 2 N–H and O–H groups in total. The van der Waals surface area contributed by atoms with Crippen molar-refractivity contribution in [3.8, 4) is 0 Å². The maximum atomic E-state index is 12.1. The molecule has 0 aromatic carbocycles. The van der Waals surface area contributed by atoms with Crippen molar-refractivity contribution in [2.45, 2.75) is 30.8 Å². The standard InChI is InChI=1S/C17H18N4O3S/c1-11-5-6-13(24-11)7-8-15-19-17(21-20-15)25-12(2)16(22)18-10-14-4-3-9-23-14/h3-9,12H,10H2,1-2H3,(H,18,22)(H,19,20,21). The number of nitrogens with one attached hydrogen (secondary N) is 2. The Kier molecular flexibility index (Phi) is 5.39. The molecule has 8 heteroatoms. The molecule has 0 aliphatic heterocycles. The van der Waals surface area contributed by atoms with Gasteiger partial charge in [-0.1, -0.05) is 11.8 Å². The van der Waals surface area contributed by atoms with E-state index in [9.17, 15) is 4.79 Å². The Hall–Kier alpha value is -2.74. The predicted molar refractivity (Wildman–Crippen MR) is 94.6 cm³/mol. The lowest BCUT2D eigenvalue weighted by Gasteiger charge is -2.08. The Bertz CT molecular complexity index is 851. The first-order valence-corrected chi connectivity index (χ1v) is 8.62. The van der Waals surface area contributed by atoms with E-state index in [4.69, 9.17) is 8.83 Å². The van der Waals surface area contributed by atoms with Gasteiger partial charge >= 0.3 is 0 Å². The maximum absolute atomic E-state index is 12.1. The monoisotopic (exact) mass is 358 g/mol. The Morgan fingerprint density at radius 1 is 1.40 bits per heavy atom. The maximum Gasteiger partial charge on any atom is 0.233 e. The fourth-order valence-corrected chi connectivity index (χ4v) is 2.79. The molecular weight excluding hydrogens is 340 g/mol. The summed E-state index contributed by atoms with van der Waals surface area (Å²) in [6.45, 7) is 4.06. The molecule has 3 aromatic rings. The van der Waals surface area contributed by atoms with E-state index in [-0.39, 0.29) is 11.2 Å². The molecule has 0 radical (unpaired) electrons. The third-order valence-corrected chi connectivity index (χ3v) is 4.28. The van der Waals surface area contributed by atoms with Gasteiger partial charge in [0, 0.05) is 0 Å². The summed E-state index contributed by atoms with van der Waals surface area (Å²) in [5.41, 5.74) is 0. The van der Waals surface area contributed by atoms with Crippen LogP contribution in [0.25, 0.3) is 12.2 Å². The third kappa shape index (κ3) is 4.87. The van der Waals surface area contributed by atoms with Crippen molar-refractivity contribution in [3.63, 3.8) is 0 Å². The molecule has 1 atom stereocenters. The number of H-pyrrole nitrogens is 1. The zero-order valence-electron chi connectivity index (χ0n) is 13.9. The second-order valence-electron chi connectivity index (χ2n) is 5.34.